The second-order valence-electron chi connectivity index (χ2n) is 5.49. The van der Waals surface area contributed by atoms with E-state index in [0.29, 0.717) is 22.2 Å². The molecule has 25 heavy (non-hydrogen) atoms. The van der Waals surface area contributed by atoms with E-state index in [9.17, 15) is 9.59 Å². The molecule has 5 nitrogen and oxygen atoms in total. The number of hydrogen-bond donors (Lipinski definition) is 0. The average Bonchev–Trinajstić information content (AvgIpc) is 3.29. The Morgan fingerprint density at radius 3 is 2.80 bits per heavy atom. The zero-order valence-electron chi connectivity index (χ0n) is 13.6. The van der Waals surface area contributed by atoms with E-state index in [1.54, 1.807) is 40.5 Å². The molecular formula is C17H17ClN2O3S2. The number of benzene rings is 1. The van der Waals surface area contributed by atoms with Crippen molar-refractivity contribution in [2.75, 3.05) is 11.6 Å². The maximum atomic E-state index is 12.6. The third-order valence-electron chi connectivity index (χ3n) is 3.77. The van der Waals surface area contributed by atoms with Gasteiger partial charge in [0.2, 0.25) is 0 Å². The molecule has 3 rings (SSSR count). The standard InChI is InChI=1S/C17H17ClN2O3S2/c1-2-15-19-13(8-25-15)7-23-17(22)14-9-24-10-20(14)16(21)11-3-5-12(18)6-4-11/h3-6,8,14H,2,7,9-10H2,1H3/t14-/m1/s1. The molecule has 1 aromatic heterocycles. The number of esters is 1. The molecule has 0 bridgehead atoms. The molecule has 0 radical (unpaired) electrons. The highest BCUT2D eigenvalue weighted by Gasteiger charge is 2.36. The van der Waals surface area contributed by atoms with Crippen LogP contribution in [0.2, 0.25) is 5.02 Å². The van der Waals surface area contributed by atoms with Gasteiger partial charge in [0.15, 0.2) is 0 Å². The van der Waals surface area contributed by atoms with Crippen LogP contribution in [0.5, 0.6) is 0 Å². The summed E-state index contributed by atoms with van der Waals surface area (Å²) in [7, 11) is 0. The second kappa shape index (κ2) is 8.21. The molecule has 132 valence electrons. The molecule has 0 N–H and O–H groups in total. The van der Waals surface area contributed by atoms with Crippen LogP contribution >= 0.6 is 34.7 Å². The lowest BCUT2D eigenvalue weighted by Crippen LogP contribution is -2.42. The van der Waals surface area contributed by atoms with Gasteiger partial charge in [-0.25, -0.2) is 9.78 Å². The number of ether oxygens (including phenoxy) is 1. The first-order valence-corrected chi connectivity index (χ1v) is 10.2. The van der Waals surface area contributed by atoms with Gasteiger partial charge in [0, 0.05) is 21.7 Å². The number of hydrogen-bond acceptors (Lipinski definition) is 6. The summed E-state index contributed by atoms with van der Waals surface area (Å²) in [5.74, 6) is 0.428. The molecule has 0 aliphatic carbocycles. The number of halogens is 1. The number of amides is 1. The van der Waals surface area contributed by atoms with Crippen molar-refractivity contribution in [3.05, 3.63) is 50.9 Å². The first kappa shape index (κ1) is 18.2. The largest absolute Gasteiger partial charge is 0.458 e. The van der Waals surface area contributed by atoms with Gasteiger partial charge in [-0.15, -0.1) is 23.1 Å². The smallest absolute Gasteiger partial charge is 0.330 e. The highest BCUT2D eigenvalue weighted by Crippen LogP contribution is 2.25. The molecule has 1 saturated heterocycles. The van der Waals surface area contributed by atoms with Gasteiger partial charge in [-0.2, -0.15) is 0 Å². The highest BCUT2D eigenvalue weighted by atomic mass is 35.5. The number of aryl methyl sites for hydroxylation is 1. The molecule has 2 heterocycles. The van der Waals surface area contributed by atoms with E-state index in [1.807, 2.05) is 12.3 Å². The molecule has 1 aliphatic rings. The topological polar surface area (TPSA) is 59.5 Å². The monoisotopic (exact) mass is 396 g/mol. The van der Waals surface area contributed by atoms with Crippen LogP contribution in [0.3, 0.4) is 0 Å². The Labute approximate surface area is 159 Å². The second-order valence-corrected chi connectivity index (χ2v) is 7.87. The van der Waals surface area contributed by atoms with Crippen LogP contribution in [0.1, 0.15) is 28.0 Å². The lowest BCUT2D eigenvalue weighted by molar-refractivity contribution is -0.149. The summed E-state index contributed by atoms with van der Waals surface area (Å²) in [6.45, 7) is 2.17. The van der Waals surface area contributed by atoms with E-state index in [-0.39, 0.29) is 12.5 Å². The van der Waals surface area contributed by atoms with Crippen LogP contribution in [0, 0.1) is 0 Å². The van der Waals surface area contributed by atoms with Gasteiger partial charge in [-0.3, -0.25) is 4.79 Å². The van der Waals surface area contributed by atoms with Crippen LogP contribution in [0.25, 0.3) is 0 Å². The van der Waals surface area contributed by atoms with E-state index in [4.69, 9.17) is 16.3 Å². The Kier molecular flexibility index (Phi) is 5.98. The molecule has 1 atom stereocenters. The zero-order valence-corrected chi connectivity index (χ0v) is 16.0. The summed E-state index contributed by atoms with van der Waals surface area (Å²) >= 11 is 8.95. The summed E-state index contributed by atoms with van der Waals surface area (Å²) in [6.07, 6.45) is 0.862. The van der Waals surface area contributed by atoms with Crippen LogP contribution in [0.15, 0.2) is 29.6 Å². The summed E-state index contributed by atoms with van der Waals surface area (Å²) in [4.78, 5) is 31.0. The van der Waals surface area contributed by atoms with Crippen molar-refractivity contribution in [3.8, 4) is 0 Å². The molecule has 1 aliphatic heterocycles. The number of aromatic nitrogens is 1. The van der Waals surface area contributed by atoms with Crippen LogP contribution in [0.4, 0.5) is 0 Å². The molecule has 1 fully saturated rings. The van der Waals surface area contributed by atoms with E-state index in [1.165, 1.54) is 11.8 Å². The fraction of sp³-hybridized carbons (Fsp3) is 0.353. The number of thioether (sulfide) groups is 1. The third-order valence-corrected chi connectivity index (χ3v) is 6.08. The van der Waals surface area contributed by atoms with Gasteiger partial charge in [-0.05, 0) is 30.7 Å². The molecule has 0 spiro atoms. The minimum absolute atomic E-state index is 0.138. The predicted octanol–water partition coefficient (Wildman–Crippen LogP) is 3.62. The van der Waals surface area contributed by atoms with E-state index < -0.39 is 12.0 Å². The fourth-order valence-electron chi connectivity index (χ4n) is 2.42. The minimum Gasteiger partial charge on any atom is -0.458 e. The highest BCUT2D eigenvalue weighted by molar-refractivity contribution is 7.99. The summed E-state index contributed by atoms with van der Waals surface area (Å²) in [6, 6.07) is 6.09. The molecule has 8 heteroatoms. The Balaban J connectivity index is 1.62. The number of nitrogens with zero attached hydrogens (tertiary/aromatic N) is 2. The zero-order chi connectivity index (χ0) is 17.8. The Bertz CT molecular complexity index is 764. The number of rotatable bonds is 5. The Morgan fingerprint density at radius 2 is 2.12 bits per heavy atom. The van der Waals surface area contributed by atoms with Gasteiger partial charge in [0.1, 0.15) is 12.6 Å². The van der Waals surface area contributed by atoms with Gasteiger partial charge in [0.25, 0.3) is 5.91 Å². The third kappa shape index (κ3) is 4.34. The fourth-order valence-corrected chi connectivity index (χ4v) is 4.41. The number of thiazole rings is 1. The van der Waals surface area contributed by atoms with E-state index >= 15 is 0 Å². The average molecular weight is 397 g/mol. The molecule has 1 amide bonds. The van der Waals surface area contributed by atoms with Crippen LogP contribution in [-0.4, -0.2) is 39.4 Å². The summed E-state index contributed by atoms with van der Waals surface area (Å²) in [5.41, 5.74) is 1.26. The van der Waals surface area contributed by atoms with E-state index in [2.05, 4.69) is 4.98 Å². The van der Waals surface area contributed by atoms with Gasteiger partial charge < -0.3 is 9.64 Å². The van der Waals surface area contributed by atoms with Crippen LogP contribution in [-0.2, 0) is 22.6 Å². The quantitative estimate of drug-likeness (QED) is 0.722. The van der Waals surface area contributed by atoms with Crippen molar-refractivity contribution >= 4 is 46.6 Å². The Morgan fingerprint density at radius 1 is 1.36 bits per heavy atom. The molecular weight excluding hydrogens is 380 g/mol. The van der Waals surface area contributed by atoms with Gasteiger partial charge in [-0.1, -0.05) is 18.5 Å². The lowest BCUT2D eigenvalue weighted by Gasteiger charge is -2.22. The lowest BCUT2D eigenvalue weighted by atomic mass is 10.2. The van der Waals surface area contributed by atoms with Crippen molar-refractivity contribution in [2.45, 2.75) is 26.0 Å². The summed E-state index contributed by atoms with van der Waals surface area (Å²) in [5, 5.41) is 3.48. The van der Waals surface area contributed by atoms with Gasteiger partial charge >= 0.3 is 5.97 Å². The summed E-state index contributed by atoms with van der Waals surface area (Å²) < 4.78 is 5.38. The van der Waals surface area contributed by atoms with E-state index in [0.717, 1.165) is 17.1 Å². The molecule has 1 aromatic carbocycles. The predicted molar refractivity (Wildman–Crippen MR) is 100 cm³/mol. The molecule has 0 saturated carbocycles. The Hall–Kier alpha value is -1.57. The normalized spacial score (nSPS) is 16.9. The SMILES string of the molecule is CCc1nc(COC(=O)[C@H]2CSCN2C(=O)c2ccc(Cl)cc2)cs1. The first-order valence-electron chi connectivity index (χ1n) is 7.82. The molecule has 0 unspecified atom stereocenters. The van der Waals surface area contributed by atoms with Crippen molar-refractivity contribution in [3.63, 3.8) is 0 Å². The maximum absolute atomic E-state index is 12.6. The van der Waals surface area contributed by atoms with Gasteiger partial charge in [0.05, 0.1) is 16.6 Å². The molecule has 2 aromatic rings. The minimum atomic E-state index is -0.572. The van der Waals surface area contributed by atoms with Crippen LogP contribution < -0.4 is 0 Å². The van der Waals surface area contributed by atoms with Crippen molar-refractivity contribution < 1.29 is 14.3 Å². The van der Waals surface area contributed by atoms with Crippen molar-refractivity contribution in [1.82, 2.24) is 9.88 Å². The van der Waals surface area contributed by atoms with Crippen molar-refractivity contribution in [1.29, 1.82) is 0 Å². The number of carbonyl (C=O) groups is 2. The maximum Gasteiger partial charge on any atom is 0.330 e. The first-order chi connectivity index (χ1) is 12.1. The van der Waals surface area contributed by atoms with Crippen molar-refractivity contribution in [2.24, 2.45) is 0 Å². The number of carbonyl (C=O) groups excluding carboxylic acids is 2.